The summed E-state index contributed by atoms with van der Waals surface area (Å²) >= 11 is 1.05. The Bertz CT molecular complexity index is 1170. The standard InChI is InChI=1S/C26H23FN4O3S/c1-2-33-24(32)22(30-34-18-27)23-28-25(35-31-23)29-26(19-12-6-3-7-13-19,20-14-8-4-9-15-20)21-16-10-5-11-17-21/h3-17H,2,18H2,1H3,(H,28,29,31)/b30-22+. The van der Waals surface area contributed by atoms with Crippen molar-refractivity contribution in [2.75, 3.05) is 18.8 Å². The monoisotopic (exact) mass is 490 g/mol. The van der Waals surface area contributed by atoms with Gasteiger partial charge in [0.1, 0.15) is 5.54 Å². The number of halogens is 1. The van der Waals surface area contributed by atoms with Gasteiger partial charge in [-0.2, -0.15) is 9.36 Å². The van der Waals surface area contributed by atoms with Crippen LogP contribution in [0.1, 0.15) is 29.4 Å². The van der Waals surface area contributed by atoms with Gasteiger partial charge in [0.25, 0.3) is 6.86 Å². The van der Waals surface area contributed by atoms with Gasteiger partial charge in [0.2, 0.25) is 16.7 Å². The van der Waals surface area contributed by atoms with Crippen LogP contribution in [0.2, 0.25) is 0 Å². The molecule has 4 aromatic rings. The molecule has 0 aliphatic heterocycles. The molecule has 1 aromatic heterocycles. The number of ether oxygens (including phenoxy) is 1. The SMILES string of the molecule is CCOC(=O)/C(=N/OCF)c1nsc(NC(c2ccccc2)(c2ccccc2)c2ccccc2)n1. The lowest BCUT2D eigenvalue weighted by Gasteiger charge is -2.36. The Kier molecular flexibility index (Phi) is 7.79. The first-order valence-corrected chi connectivity index (χ1v) is 11.7. The minimum Gasteiger partial charge on any atom is -0.461 e. The summed E-state index contributed by atoms with van der Waals surface area (Å²) in [5.74, 6) is -0.821. The first-order chi connectivity index (χ1) is 17.2. The molecule has 0 amide bonds. The molecule has 0 saturated heterocycles. The number of aromatic nitrogens is 2. The Balaban J connectivity index is 1.84. The fourth-order valence-corrected chi connectivity index (χ4v) is 4.40. The van der Waals surface area contributed by atoms with Gasteiger partial charge in [0.15, 0.2) is 0 Å². The van der Waals surface area contributed by atoms with E-state index in [0.717, 1.165) is 28.2 Å². The Morgan fingerprint density at radius 2 is 1.46 bits per heavy atom. The molecule has 0 fully saturated rings. The average Bonchev–Trinajstić information content (AvgIpc) is 3.37. The molecule has 1 heterocycles. The van der Waals surface area contributed by atoms with Gasteiger partial charge in [0.05, 0.1) is 6.61 Å². The molecule has 1 N–H and O–H groups in total. The van der Waals surface area contributed by atoms with Crippen molar-refractivity contribution >= 4 is 28.3 Å². The van der Waals surface area contributed by atoms with Gasteiger partial charge >= 0.3 is 5.97 Å². The summed E-state index contributed by atoms with van der Waals surface area (Å²) < 4.78 is 21.9. The average molecular weight is 491 g/mol. The van der Waals surface area contributed by atoms with E-state index < -0.39 is 18.4 Å². The van der Waals surface area contributed by atoms with Crippen LogP contribution in [-0.2, 0) is 19.9 Å². The second kappa shape index (κ2) is 11.3. The molecule has 0 aliphatic carbocycles. The van der Waals surface area contributed by atoms with Crippen LogP contribution >= 0.6 is 11.5 Å². The van der Waals surface area contributed by atoms with Gasteiger partial charge in [-0.3, -0.25) is 0 Å². The van der Waals surface area contributed by atoms with Crippen LogP contribution < -0.4 is 5.32 Å². The van der Waals surface area contributed by atoms with E-state index in [9.17, 15) is 9.18 Å². The first-order valence-electron chi connectivity index (χ1n) is 10.9. The first kappa shape index (κ1) is 24.0. The highest BCUT2D eigenvalue weighted by molar-refractivity contribution is 7.09. The van der Waals surface area contributed by atoms with Crippen molar-refractivity contribution < 1.29 is 18.8 Å². The minimum absolute atomic E-state index is 0.0208. The van der Waals surface area contributed by atoms with Crippen molar-refractivity contribution in [1.82, 2.24) is 9.36 Å². The van der Waals surface area contributed by atoms with Crippen LogP contribution in [0.4, 0.5) is 9.52 Å². The van der Waals surface area contributed by atoms with E-state index in [1.165, 1.54) is 0 Å². The number of esters is 1. The molecule has 35 heavy (non-hydrogen) atoms. The van der Waals surface area contributed by atoms with Crippen molar-refractivity contribution in [2.24, 2.45) is 5.16 Å². The van der Waals surface area contributed by atoms with E-state index in [1.807, 2.05) is 91.0 Å². The largest absolute Gasteiger partial charge is 0.461 e. The highest BCUT2D eigenvalue weighted by atomic mass is 32.1. The minimum atomic E-state index is -1.20. The van der Waals surface area contributed by atoms with E-state index >= 15 is 0 Å². The second-order valence-corrected chi connectivity index (χ2v) is 8.05. The zero-order valence-electron chi connectivity index (χ0n) is 18.9. The van der Waals surface area contributed by atoms with Crippen LogP contribution in [0.3, 0.4) is 0 Å². The number of nitrogens with zero attached hydrogens (tertiary/aromatic N) is 3. The fraction of sp³-hybridized carbons (Fsp3) is 0.154. The predicted octanol–water partition coefficient (Wildman–Crippen LogP) is 5.15. The molecule has 0 spiro atoms. The number of oxime groups is 1. The van der Waals surface area contributed by atoms with Crippen molar-refractivity contribution in [1.29, 1.82) is 0 Å². The summed E-state index contributed by atoms with van der Waals surface area (Å²) in [6, 6.07) is 30.0. The number of rotatable bonds is 10. The van der Waals surface area contributed by atoms with Crippen molar-refractivity contribution in [2.45, 2.75) is 12.5 Å². The number of carbonyl (C=O) groups is 1. The summed E-state index contributed by atoms with van der Waals surface area (Å²) in [6.45, 7) is 0.570. The molecular weight excluding hydrogens is 467 g/mol. The van der Waals surface area contributed by atoms with Crippen molar-refractivity contribution in [3.8, 4) is 0 Å². The highest BCUT2D eigenvalue weighted by Crippen LogP contribution is 2.40. The number of alkyl halides is 1. The van der Waals surface area contributed by atoms with E-state index in [0.29, 0.717) is 5.13 Å². The van der Waals surface area contributed by atoms with Gasteiger partial charge < -0.3 is 14.9 Å². The topological polar surface area (TPSA) is 85.7 Å². The number of nitrogens with one attached hydrogen (secondary N) is 1. The molecule has 7 nitrogen and oxygen atoms in total. The Hall–Kier alpha value is -4.11. The quantitative estimate of drug-likeness (QED) is 0.143. The van der Waals surface area contributed by atoms with E-state index in [4.69, 9.17) is 4.74 Å². The zero-order chi connectivity index (χ0) is 24.5. The summed E-state index contributed by atoms with van der Waals surface area (Å²) in [7, 11) is 0. The maximum atomic E-state index is 12.6. The molecule has 0 radical (unpaired) electrons. The highest BCUT2D eigenvalue weighted by Gasteiger charge is 2.37. The van der Waals surface area contributed by atoms with Gasteiger partial charge in [-0.1, -0.05) is 96.2 Å². The fourth-order valence-electron chi connectivity index (χ4n) is 3.77. The third kappa shape index (κ3) is 5.20. The van der Waals surface area contributed by atoms with Crippen molar-refractivity contribution in [3.05, 3.63) is 114 Å². The number of hydrogen-bond acceptors (Lipinski definition) is 8. The van der Waals surface area contributed by atoms with E-state index in [1.54, 1.807) is 6.92 Å². The number of benzene rings is 3. The van der Waals surface area contributed by atoms with Gasteiger partial charge in [-0.05, 0) is 23.6 Å². The third-order valence-corrected chi connectivity index (χ3v) is 5.86. The lowest BCUT2D eigenvalue weighted by molar-refractivity contribution is -0.135. The van der Waals surface area contributed by atoms with Gasteiger partial charge in [-0.15, -0.1) is 0 Å². The second-order valence-electron chi connectivity index (χ2n) is 7.29. The van der Waals surface area contributed by atoms with Crippen LogP contribution in [0.5, 0.6) is 0 Å². The van der Waals surface area contributed by atoms with Crippen molar-refractivity contribution in [3.63, 3.8) is 0 Å². The maximum absolute atomic E-state index is 12.6. The maximum Gasteiger partial charge on any atom is 0.364 e. The van der Waals surface area contributed by atoms with Crippen LogP contribution in [0.15, 0.2) is 96.2 Å². The summed E-state index contributed by atoms with van der Waals surface area (Å²) in [4.78, 5) is 21.3. The molecule has 4 rings (SSSR count). The van der Waals surface area contributed by atoms with Crippen LogP contribution in [-0.4, -0.2) is 34.5 Å². The predicted molar refractivity (Wildman–Crippen MR) is 133 cm³/mol. The van der Waals surface area contributed by atoms with E-state index in [2.05, 4.69) is 24.7 Å². The molecule has 0 unspecified atom stereocenters. The lowest BCUT2D eigenvalue weighted by Crippen LogP contribution is -2.38. The van der Waals surface area contributed by atoms with Gasteiger partial charge in [0, 0.05) is 11.5 Å². The van der Waals surface area contributed by atoms with Gasteiger partial charge in [-0.25, -0.2) is 9.18 Å². The molecule has 0 bridgehead atoms. The Labute approximate surface area is 206 Å². The molecule has 3 aromatic carbocycles. The summed E-state index contributed by atoms with van der Waals surface area (Å²) in [5, 5.41) is 7.53. The summed E-state index contributed by atoms with van der Waals surface area (Å²) in [6.07, 6.45) is 0. The number of anilines is 1. The van der Waals surface area contributed by atoms with Crippen LogP contribution in [0, 0.1) is 0 Å². The van der Waals surface area contributed by atoms with E-state index in [-0.39, 0.29) is 18.1 Å². The number of carbonyl (C=O) groups excluding carboxylic acids is 1. The molecular formula is C26H23FN4O3S. The molecule has 178 valence electrons. The molecule has 9 heteroatoms. The zero-order valence-corrected chi connectivity index (χ0v) is 19.7. The lowest BCUT2D eigenvalue weighted by atomic mass is 9.77. The Morgan fingerprint density at radius 1 is 0.943 bits per heavy atom. The number of hydrogen-bond donors (Lipinski definition) is 1. The smallest absolute Gasteiger partial charge is 0.364 e. The summed E-state index contributed by atoms with van der Waals surface area (Å²) in [5.41, 5.74) is 1.81. The molecule has 0 aliphatic rings. The molecule has 0 atom stereocenters. The third-order valence-electron chi connectivity index (χ3n) is 5.23. The normalized spacial score (nSPS) is 11.7. The van der Waals surface area contributed by atoms with Crippen LogP contribution in [0.25, 0.3) is 0 Å². The molecule has 0 saturated carbocycles. The Morgan fingerprint density at radius 3 is 1.91 bits per heavy atom.